The summed E-state index contributed by atoms with van der Waals surface area (Å²) in [6, 6.07) is 7.06. The largest absolute Gasteiger partial charge is 0.384 e. The summed E-state index contributed by atoms with van der Waals surface area (Å²) in [5, 5.41) is 14.4. The van der Waals surface area contributed by atoms with Crippen LogP contribution in [-0.4, -0.2) is 22.6 Å². The average molecular weight is 286 g/mol. The highest BCUT2D eigenvalue weighted by Gasteiger charge is 2.09. The minimum atomic E-state index is -0.228. The number of aliphatic hydroxyl groups is 1. The van der Waals surface area contributed by atoms with Crippen molar-refractivity contribution in [1.29, 1.82) is 0 Å². The molecule has 0 aliphatic carbocycles. The number of carbonyl (C=O) groups excluding carboxylic acids is 1. The molecule has 0 atom stereocenters. The number of aliphatic hydroxyl groups excluding tert-OH is 1. The van der Waals surface area contributed by atoms with E-state index < -0.39 is 0 Å². The normalized spacial score (nSPS) is 9.70. The first kappa shape index (κ1) is 14.3. The number of amides is 1. The van der Waals surface area contributed by atoms with Gasteiger partial charge in [0.2, 0.25) is 0 Å². The van der Waals surface area contributed by atoms with Gasteiger partial charge < -0.3 is 10.4 Å². The topological polar surface area (TPSA) is 62.2 Å². The zero-order valence-corrected chi connectivity index (χ0v) is 11.8. The molecule has 0 radical (unpaired) electrons. The van der Waals surface area contributed by atoms with Crippen molar-refractivity contribution in [3.05, 3.63) is 51.5 Å². The van der Waals surface area contributed by atoms with Gasteiger partial charge in [0.1, 0.15) is 6.61 Å². The van der Waals surface area contributed by atoms with Crippen molar-refractivity contribution in [3.63, 3.8) is 0 Å². The molecule has 0 unspecified atom stereocenters. The summed E-state index contributed by atoms with van der Waals surface area (Å²) < 4.78 is 0. The maximum atomic E-state index is 12.1. The quantitative estimate of drug-likeness (QED) is 0.845. The van der Waals surface area contributed by atoms with Crippen LogP contribution >= 0.6 is 11.3 Å². The predicted octanol–water partition coefficient (Wildman–Crippen LogP) is 1.73. The Bertz CT molecular complexity index is 668. The van der Waals surface area contributed by atoms with Crippen LogP contribution in [0.2, 0.25) is 0 Å². The number of nitrogens with zero attached hydrogens (tertiary/aromatic N) is 1. The highest BCUT2D eigenvalue weighted by Crippen LogP contribution is 2.10. The Balaban J connectivity index is 2.09. The lowest BCUT2D eigenvalue weighted by atomic mass is 10.1. The molecule has 2 rings (SSSR count). The van der Waals surface area contributed by atoms with Crippen LogP contribution in [0.1, 0.15) is 26.6 Å². The van der Waals surface area contributed by atoms with Gasteiger partial charge in [-0.1, -0.05) is 24.0 Å². The van der Waals surface area contributed by atoms with Crippen molar-refractivity contribution in [3.8, 4) is 11.8 Å². The van der Waals surface area contributed by atoms with Gasteiger partial charge in [-0.2, -0.15) is 0 Å². The van der Waals surface area contributed by atoms with Crippen molar-refractivity contribution in [2.75, 3.05) is 6.61 Å². The number of aromatic nitrogens is 1. The lowest BCUT2D eigenvalue weighted by molar-refractivity contribution is 0.0950. The molecular weight excluding hydrogens is 272 g/mol. The Morgan fingerprint density at radius 2 is 2.25 bits per heavy atom. The van der Waals surface area contributed by atoms with E-state index in [9.17, 15) is 4.79 Å². The number of hydrogen-bond acceptors (Lipinski definition) is 4. The van der Waals surface area contributed by atoms with E-state index in [4.69, 9.17) is 5.11 Å². The van der Waals surface area contributed by atoms with E-state index in [1.165, 1.54) is 0 Å². The third kappa shape index (κ3) is 3.67. The lowest BCUT2D eigenvalue weighted by Gasteiger charge is -2.05. The number of nitrogens with one attached hydrogen (secondary N) is 1. The molecule has 0 aliphatic rings. The highest BCUT2D eigenvalue weighted by atomic mass is 32.1. The van der Waals surface area contributed by atoms with Gasteiger partial charge in [-0.25, -0.2) is 4.98 Å². The maximum absolute atomic E-state index is 12.1. The summed E-state index contributed by atoms with van der Waals surface area (Å²) in [7, 11) is 0. The van der Waals surface area contributed by atoms with Crippen LogP contribution in [0.4, 0.5) is 0 Å². The summed E-state index contributed by atoms with van der Waals surface area (Å²) in [6.45, 7) is 2.09. The van der Waals surface area contributed by atoms with E-state index in [1.54, 1.807) is 29.5 Å². The van der Waals surface area contributed by atoms with Crippen molar-refractivity contribution >= 4 is 17.2 Å². The van der Waals surface area contributed by atoms with Gasteiger partial charge in [0.25, 0.3) is 5.91 Å². The predicted molar refractivity (Wildman–Crippen MR) is 78.4 cm³/mol. The van der Waals surface area contributed by atoms with Gasteiger partial charge >= 0.3 is 0 Å². The second kappa shape index (κ2) is 6.85. The van der Waals surface area contributed by atoms with Crippen LogP contribution < -0.4 is 5.32 Å². The Morgan fingerprint density at radius 1 is 1.45 bits per heavy atom. The summed E-state index contributed by atoms with van der Waals surface area (Å²) in [5.41, 5.74) is 1.95. The lowest BCUT2D eigenvalue weighted by Crippen LogP contribution is -2.23. The fourth-order valence-corrected chi connectivity index (χ4v) is 2.29. The van der Waals surface area contributed by atoms with Crippen molar-refractivity contribution in [1.82, 2.24) is 10.3 Å². The number of benzene rings is 1. The van der Waals surface area contributed by atoms with Gasteiger partial charge in [-0.3, -0.25) is 4.79 Å². The minimum Gasteiger partial charge on any atom is -0.384 e. The fourth-order valence-electron chi connectivity index (χ4n) is 1.68. The molecule has 0 saturated carbocycles. The molecule has 0 saturated heterocycles. The monoisotopic (exact) mass is 286 g/mol. The first-order valence-corrected chi connectivity index (χ1v) is 6.96. The second-order valence-electron chi connectivity index (χ2n) is 4.05. The van der Waals surface area contributed by atoms with Gasteiger partial charge in [-0.15, -0.1) is 11.3 Å². The van der Waals surface area contributed by atoms with Crippen molar-refractivity contribution < 1.29 is 9.90 Å². The van der Waals surface area contributed by atoms with Crippen LogP contribution in [-0.2, 0) is 6.54 Å². The molecule has 1 amide bonds. The van der Waals surface area contributed by atoms with E-state index in [2.05, 4.69) is 22.1 Å². The first-order chi connectivity index (χ1) is 9.70. The van der Waals surface area contributed by atoms with Gasteiger partial charge in [0, 0.05) is 10.9 Å². The van der Waals surface area contributed by atoms with E-state index >= 15 is 0 Å². The SMILES string of the molecule is Cc1nc(CNC(=O)c2ccccc2C#CCO)cs1. The van der Waals surface area contributed by atoms with E-state index in [0.717, 1.165) is 10.7 Å². The fraction of sp³-hybridized carbons (Fsp3) is 0.200. The first-order valence-electron chi connectivity index (χ1n) is 6.08. The van der Waals surface area contributed by atoms with E-state index in [-0.39, 0.29) is 12.5 Å². The second-order valence-corrected chi connectivity index (χ2v) is 5.11. The maximum Gasteiger partial charge on any atom is 0.252 e. The van der Waals surface area contributed by atoms with Crippen LogP contribution in [0, 0.1) is 18.8 Å². The standard InChI is InChI=1S/C15H14N2O2S/c1-11-17-13(10-20-11)9-16-15(19)14-7-3-2-5-12(14)6-4-8-18/h2-3,5,7,10,18H,8-9H2,1H3,(H,16,19). The molecule has 20 heavy (non-hydrogen) atoms. The van der Waals surface area contributed by atoms with Gasteiger partial charge in [0.15, 0.2) is 0 Å². The molecule has 0 bridgehead atoms. The molecular formula is C15H14N2O2S. The molecule has 5 heteroatoms. The Kier molecular flexibility index (Phi) is 4.88. The minimum absolute atomic E-state index is 0.196. The zero-order chi connectivity index (χ0) is 14.4. The van der Waals surface area contributed by atoms with E-state index in [1.807, 2.05) is 18.4 Å². The number of rotatable bonds is 3. The van der Waals surface area contributed by atoms with Crippen LogP contribution in [0.3, 0.4) is 0 Å². The molecule has 1 aromatic heterocycles. The van der Waals surface area contributed by atoms with Gasteiger partial charge in [-0.05, 0) is 19.1 Å². The Hall–Kier alpha value is -2.16. The number of carbonyl (C=O) groups is 1. The third-order valence-corrected chi connectivity index (χ3v) is 3.39. The molecule has 2 N–H and O–H groups in total. The molecule has 1 heterocycles. The van der Waals surface area contributed by atoms with E-state index in [0.29, 0.717) is 17.7 Å². The van der Waals surface area contributed by atoms with Crippen molar-refractivity contribution in [2.24, 2.45) is 0 Å². The van der Waals surface area contributed by atoms with Crippen molar-refractivity contribution in [2.45, 2.75) is 13.5 Å². The number of hydrogen-bond donors (Lipinski definition) is 2. The van der Waals surface area contributed by atoms with Gasteiger partial charge in [0.05, 0.1) is 22.8 Å². The molecule has 0 spiro atoms. The average Bonchev–Trinajstić information content (AvgIpc) is 2.88. The van der Waals surface area contributed by atoms with Crippen LogP contribution in [0.5, 0.6) is 0 Å². The summed E-state index contributed by atoms with van der Waals surface area (Å²) in [4.78, 5) is 16.4. The smallest absolute Gasteiger partial charge is 0.252 e. The highest BCUT2D eigenvalue weighted by molar-refractivity contribution is 7.09. The molecule has 0 fully saturated rings. The summed E-state index contributed by atoms with van der Waals surface area (Å²) >= 11 is 1.55. The number of aryl methyl sites for hydroxylation is 1. The third-order valence-electron chi connectivity index (χ3n) is 2.57. The molecule has 1 aromatic carbocycles. The summed E-state index contributed by atoms with van der Waals surface area (Å²) in [6.07, 6.45) is 0. The molecule has 4 nitrogen and oxygen atoms in total. The molecule has 2 aromatic rings. The number of thiazole rings is 1. The Morgan fingerprint density at radius 3 is 2.95 bits per heavy atom. The van der Waals surface area contributed by atoms with Crippen LogP contribution in [0.15, 0.2) is 29.6 Å². The Labute approximate surface area is 121 Å². The molecule has 102 valence electrons. The zero-order valence-electron chi connectivity index (χ0n) is 11.0. The molecule has 0 aliphatic heterocycles. The summed E-state index contributed by atoms with van der Waals surface area (Å²) in [5.74, 6) is 5.13. The van der Waals surface area contributed by atoms with Crippen LogP contribution in [0.25, 0.3) is 0 Å².